The molecule has 1 aliphatic carbocycles. The van der Waals surface area contributed by atoms with Gasteiger partial charge in [0.25, 0.3) is 5.91 Å². The summed E-state index contributed by atoms with van der Waals surface area (Å²) in [6, 6.07) is 15.3. The van der Waals surface area contributed by atoms with Crippen LogP contribution in [0.5, 0.6) is 5.75 Å². The van der Waals surface area contributed by atoms with Crippen molar-refractivity contribution in [3.8, 4) is 11.4 Å². The van der Waals surface area contributed by atoms with Crippen molar-refractivity contribution in [1.29, 1.82) is 0 Å². The molecule has 1 N–H and O–H groups in total. The van der Waals surface area contributed by atoms with Crippen molar-refractivity contribution in [2.75, 3.05) is 13.1 Å². The van der Waals surface area contributed by atoms with Gasteiger partial charge in [-0.05, 0) is 73.6 Å². The predicted octanol–water partition coefficient (Wildman–Crippen LogP) is 5.15. The highest BCUT2D eigenvalue weighted by Crippen LogP contribution is 2.30. The highest BCUT2D eigenvalue weighted by Gasteiger charge is 2.29. The van der Waals surface area contributed by atoms with E-state index in [0.29, 0.717) is 18.8 Å². The molecule has 3 aromatic rings. The number of rotatable bonds is 3. The van der Waals surface area contributed by atoms with Gasteiger partial charge < -0.3 is 10.0 Å². The Balaban J connectivity index is 1.43. The van der Waals surface area contributed by atoms with Crippen LogP contribution in [0, 0.1) is 0 Å². The number of hydrogen-bond donors (Lipinski definition) is 1. The molecule has 0 atom stereocenters. The summed E-state index contributed by atoms with van der Waals surface area (Å²) in [5.41, 5.74) is 6.19. The lowest BCUT2D eigenvalue weighted by Gasteiger charge is -2.26. The second-order valence-corrected chi connectivity index (χ2v) is 9.07. The van der Waals surface area contributed by atoms with Crippen LogP contribution in [0.4, 0.5) is 0 Å². The Bertz CT molecular complexity index is 1160. The Morgan fingerprint density at radius 1 is 1.03 bits per heavy atom. The summed E-state index contributed by atoms with van der Waals surface area (Å²) in [5.74, 6) is 0.288. The summed E-state index contributed by atoms with van der Waals surface area (Å²) < 4.78 is 2.97. The number of amides is 1. The molecule has 0 saturated heterocycles. The Hall–Kier alpha value is -2.86. The third-order valence-electron chi connectivity index (χ3n) is 6.17. The number of nitrogens with zero attached hydrogens (tertiary/aromatic N) is 3. The normalized spacial score (nSPS) is 16.0. The SMILES string of the molecule is O=C(c1nn(-c2cccc(Br)c2)c2c1CCCC2)N1CC=C(c2ccc(O)cc2)CC1. The fraction of sp³-hybridized carbons (Fsp3) is 0.280. The zero-order valence-corrected chi connectivity index (χ0v) is 18.8. The lowest BCUT2D eigenvalue weighted by atomic mass is 9.94. The topological polar surface area (TPSA) is 58.4 Å². The standard InChI is InChI=1S/C25H24BrN3O2/c26-19-4-3-5-20(16-19)29-23-7-2-1-6-22(23)24(27-29)25(31)28-14-12-18(13-15-28)17-8-10-21(30)11-9-17/h3-5,8-12,16,30H,1-2,6-7,13-15H2. The van der Waals surface area contributed by atoms with Crippen LogP contribution in [-0.4, -0.2) is 38.8 Å². The smallest absolute Gasteiger partial charge is 0.274 e. The van der Waals surface area contributed by atoms with Crippen LogP contribution in [0.25, 0.3) is 11.3 Å². The van der Waals surface area contributed by atoms with Gasteiger partial charge in [0.1, 0.15) is 5.75 Å². The van der Waals surface area contributed by atoms with Gasteiger partial charge in [-0.2, -0.15) is 5.10 Å². The van der Waals surface area contributed by atoms with Crippen molar-refractivity contribution in [2.45, 2.75) is 32.1 Å². The van der Waals surface area contributed by atoms with E-state index in [1.807, 2.05) is 46.0 Å². The van der Waals surface area contributed by atoms with E-state index in [4.69, 9.17) is 5.10 Å². The Labute approximate surface area is 190 Å². The van der Waals surface area contributed by atoms with Gasteiger partial charge >= 0.3 is 0 Å². The molecule has 158 valence electrons. The van der Waals surface area contributed by atoms with Gasteiger partial charge in [0.05, 0.1) is 5.69 Å². The van der Waals surface area contributed by atoms with Crippen LogP contribution < -0.4 is 0 Å². The second kappa shape index (κ2) is 8.35. The zero-order valence-electron chi connectivity index (χ0n) is 17.2. The number of aromatic nitrogens is 2. The third-order valence-corrected chi connectivity index (χ3v) is 6.66. The maximum Gasteiger partial charge on any atom is 0.274 e. The average molecular weight is 478 g/mol. The van der Waals surface area contributed by atoms with E-state index in [1.165, 1.54) is 11.3 Å². The van der Waals surface area contributed by atoms with Gasteiger partial charge in [0, 0.05) is 28.8 Å². The molecule has 2 heterocycles. The summed E-state index contributed by atoms with van der Waals surface area (Å²) in [6.07, 6.45) is 7.00. The van der Waals surface area contributed by atoms with E-state index in [9.17, 15) is 9.90 Å². The summed E-state index contributed by atoms with van der Waals surface area (Å²) >= 11 is 3.55. The Morgan fingerprint density at radius 3 is 2.58 bits per heavy atom. The van der Waals surface area contributed by atoms with Gasteiger partial charge in [0.15, 0.2) is 5.69 Å². The van der Waals surface area contributed by atoms with E-state index in [1.54, 1.807) is 12.1 Å². The fourth-order valence-corrected chi connectivity index (χ4v) is 4.92. The molecule has 31 heavy (non-hydrogen) atoms. The summed E-state index contributed by atoms with van der Waals surface area (Å²) in [4.78, 5) is 15.3. The molecule has 0 saturated carbocycles. The Morgan fingerprint density at radius 2 is 1.84 bits per heavy atom. The summed E-state index contributed by atoms with van der Waals surface area (Å²) in [6.45, 7) is 1.25. The van der Waals surface area contributed by atoms with Crippen molar-refractivity contribution >= 4 is 27.4 Å². The number of benzene rings is 2. The lowest BCUT2D eigenvalue weighted by molar-refractivity contribution is 0.0765. The van der Waals surface area contributed by atoms with Crippen LogP contribution in [0.1, 0.15) is 46.6 Å². The number of fused-ring (bicyclic) bond motifs is 1. The molecule has 0 bridgehead atoms. The number of aromatic hydroxyl groups is 1. The molecule has 5 rings (SSSR count). The van der Waals surface area contributed by atoms with E-state index in [-0.39, 0.29) is 11.7 Å². The molecule has 2 aliphatic rings. The first-order valence-electron chi connectivity index (χ1n) is 10.7. The Kier molecular flexibility index (Phi) is 5.40. The van der Waals surface area contributed by atoms with Gasteiger partial charge in [-0.3, -0.25) is 4.79 Å². The number of phenolic OH excluding ortho intramolecular Hbond substituents is 1. The third kappa shape index (κ3) is 3.92. The molecule has 1 aliphatic heterocycles. The van der Waals surface area contributed by atoms with E-state index in [2.05, 4.69) is 22.0 Å². The maximum atomic E-state index is 13.4. The molecule has 0 radical (unpaired) electrons. The van der Waals surface area contributed by atoms with Crippen LogP contribution in [0.2, 0.25) is 0 Å². The maximum absolute atomic E-state index is 13.4. The molecule has 0 spiro atoms. The van der Waals surface area contributed by atoms with Crippen LogP contribution in [0.15, 0.2) is 59.1 Å². The summed E-state index contributed by atoms with van der Waals surface area (Å²) in [5, 5.41) is 14.3. The largest absolute Gasteiger partial charge is 0.508 e. The van der Waals surface area contributed by atoms with Gasteiger partial charge in [0.2, 0.25) is 0 Å². The quantitative estimate of drug-likeness (QED) is 0.567. The fourth-order valence-electron chi connectivity index (χ4n) is 4.53. The van der Waals surface area contributed by atoms with Crippen LogP contribution >= 0.6 is 15.9 Å². The van der Waals surface area contributed by atoms with E-state index in [0.717, 1.165) is 53.4 Å². The lowest BCUT2D eigenvalue weighted by Crippen LogP contribution is -2.35. The molecular weight excluding hydrogens is 454 g/mol. The van der Waals surface area contributed by atoms with Crippen LogP contribution in [-0.2, 0) is 12.8 Å². The average Bonchev–Trinajstić information content (AvgIpc) is 3.19. The number of carbonyl (C=O) groups excluding carboxylic acids is 1. The highest BCUT2D eigenvalue weighted by molar-refractivity contribution is 9.10. The van der Waals surface area contributed by atoms with Crippen molar-refractivity contribution in [3.63, 3.8) is 0 Å². The number of carbonyl (C=O) groups is 1. The second-order valence-electron chi connectivity index (χ2n) is 8.15. The molecule has 1 amide bonds. The van der Waals surface area contributed by atoms with Gasteiger partial charge in [-0.1, -0.05) is 40.2 Å². The monoisotopic (exact) mass is 477 g/mol. The van der Waals surface area contributed by atoms with Crippen molar-refractivity contribution in [1.82, 2.24) is 14.7 Å². The minimum absolute atomic E-state index is 0.0212. The van der Waals surface area contributed by atoms with Gasteiger partial charge in [-0.25, -0.2) is 4.68 Å². The van der Waals surface area contributed by atoms with E-state index >= 15 is 0 Å². The molecule has 6 heteroatoms. The first kappa shape index (κ1) is 20.1. The minimum Gasteiger partial charge on any atom is -0.508 e. The number of hydrogen-bond acceptors (Lipinski definition) is 3. The summed E-state index contributed by atoms with van der Waals surface area (Å²) in [7, 11) is 0. The number of phenols is 1. The first-order chi connectivity index (χ1) is 15.1. The molecular formula is C25H24BrN3O2. The predicted molar refractivity (Wildman–Crippen MR) is 125 cm³/mol. The van der Waals surface area contributed by atoms with E-state index < -0.39 is 0 Å². The van der Waals surface area contributed by atoms with Crippen molar-refractivity contribution < 1.29 is 9.90 Å². The molecule has 1 aromatic heterocycles. The van der Waals surface area contributed by atoms with Crippen molar-refractivity contribution in [3.05, 3.63) is 81.6 Å². The first-order valence-corrected chi connectivity index (χ1v) is 11.5. The molecule has 0 fully saturated rings. The molecule has 2 aromatic carbocycles. The zero-order chi connectivity index (χ0) is 21.4. The minimum atomic E-state index is 0.0212. The molecule has 0 unspecified atom stereocenters. The molecule has 5 nitrogen and oxygen atoms in total. The van der Waals surface area contributed by atoms with Crippen LogP contribution in [0.3, 0.4) is 0 Å². The van der Waals surface area contributed by atoms with Crippen molar-refractivity contribution in [2.24, 2.45) is 0 Å². The highest BCUT2D eigenvalue weighted by atomic mass is 79.9. The number of halogens is 1. The van der Waals surface area contributed by atoms with Gasteiger partial charge in [-0.15, -0.1) is 0 Å².